The number of benzene rings is 1. The Morgan fingerprint density at radius 3 is 2.49 bits per heavy atom. The number of pyridine rings is 3. The number of nitrogens with zero attached hydrogens (tertiary/aromatic N) is 5. The Bertz CT molecular complexity index is 1930. The molecule has 0 unspecified atom stereocenters. The lowest BCUT2D eigenvalue weighted by atomic mass is 9.64. The topological polar surface area (TPSA) is 118 Å². The van der Waals surface area contributed by atoms with Crippen LogP contribution in [-0.2, 0) is 20.2 Å². The predicted molar refractivity (Wildman–Crippen MR) is 181 cm³/mol. The van der Waals surface area contributed by atoms with E-state index in [0.29, 0.717) is 28.8 Å². The molecule has 3 aliphatic rings. The van der Waals surface area contributed by atoms with E-state index in [2.05, 4.69) is 24.6 Å². The van der Waals surface area contributed by atoms with Gasteiger partial charge in [0, 0.05) is 59.8 Å². The molecule has 2 fully saturated rings. The lowest BCUT2D eigenvalue weighted by Crippen LogP contribution is -2.43. The van der Waals surface area contributed by atoms with Crippen molar-refractivity contribution in [2.45, 2.75) is 62.2 Å². The largest absolute Gasteiger partial charge is 0.476 e. The number of piperidine rings is 1. The van der Waals surface area contributed by atoms with Crippen LogP contribution in [0.25, 0.3) is 22.0 Å². The van der Waals surface area contributed by atoms with E-state index >= 15 is 4.39 Å². The van der Waals surface area contributed by atoms with Gasteiger partial charge in [-0.3, -0.25) is 19.5 Å². The molecule has 0 bridgehead atoms. The minimum absolute atomic E-state index is 0. The number of amides is 1. The summed E-state index contributed by atoms with van der Waals surface area (Å²) < 4.78 is 51.3. The Kier molecular flexibility index (Phi) is 9.12. The summed E-state index contributed by atoms with van der Waals surface area (Å²) in [6.45, 7) is 5.15. The van der Waals surface area contributed by atoms with Crippen LogP contribution < -0.4 is 14.4 Å². The van der Waals surface area contributed by atoms with Gasteiger partial charge in [-0.25, -0.2) is 17.8 Å². The molecule has 1 spiro atoms. The minimum atomic E-state index is -4.06. The molecule has 1 aromatic carbocycles. The van der Waals surface area contributed by atoms with Crippen LogP contribution in [0.5, 0.6) is 5.88 Å². The maximum atomic E-state index is 15.8. The number of aromatic nitrogens is 3. The number of hydrogen-bond acceptors (Lipinski definition) is 8. The Labute approximate surface area is 280 Å². The summed E-state index contributed by atoms with van der Waals surface area (Å²) in [6.07, 6.45) is 11.2. The molecule has 2 aliphatic heterocycles. The van der Waals surface area contributed by atoms with Gasteiger partial charge >= 0.3 is 0 Å². The summed E-state index contributed by atoms with van der Waals surface area (Å²) in [5.41, 5.74) is 2.82. The van der Waals surface area contributed by atoms with E-state index < -0.39 is 21.3 Å². The Morgan fingerprint density at radius 1 is 1.00 bits per heavy atom. The third kappa shape index (κ3) is 6.02. The molecule has 5 heterocycles. The smallest absolute Gasteiger partial charge is 0.263 e. The predicted octanol–water partition coefficient (Wildman–Crippen LogP) is 6.01. The Hall–Kier alpha value is -3.87. The number of anilines is 2. The van der Waals surface area contributed by atoms with Crippen molar-refractivity contribution in [2.24, 2.45) is 0 Å². The monoisotopic (exact) mass is 680 g/mol. The molecule has 1 amide bonds. The number of aryl methyl sites for hydroxylation is 1. The molecule has 1 saturated carbocycles. The van der Waals surface area contributed by atoms with E-state index in [-0.39, 0.29) is 40.3 Å². The second kappa shape index (κ2) is 13.0. The van der Waals surface area contributed by atoms with Gasteiger partial charge in [0.05, 0.1) is 29.4 Å². The van der Waals surface area contributed by atoms with E-state index in [1.807, 2.05) is 0 Å². The third-order valence-corrected chi connectivity index (χ3v) is 11.0. The second-order valence-corrected chi connectivity index (χ2v) is 14.3. The van der Waals surface area contributed by atoms with Gasteiger partial charge in [-0.1, -0.05) is 12.8 Å². The highest BCUT2D eigenvalue weighted by Gasteiger charge is 2.54. The highest BCUT2D eigenvalue weighted by Crippen LogP contribution is 2.55. The molecule has 248 valence electrons. The number of nitrogens with one attached hydrogen (secondary N) is 1. The number of carbonyl (C=O) groups excluding carboxylic acids is 1. The maximum absolute atomic E-state index is 15.8. The average Bonchev–Trinajstić information content (AvgIpc) is 3.26. The Balaban J connectivity index is 0.00000386. The number of hydrogen-bond donors (Lipinski definition) is 1. The lowest BCUT2D eigenvalue weighted by molar-refractivity contribution is -0.125. The molecule has 13 heteroatoms. The summed E-state index contributed by atoms with van der Waals surface area (Å²) in [4.78, 5) is 30.4. The van der Waals surface area contributed by atoms with Gasteiger partial charge in [-0.2, -0.15) is 0 Å². The van der Waals surface area contributed by atoms with E-state index in [4.69, 9.17) is 4.74 Å². The number of halogens is 2. The molecule has 4 aromatic rings. The van der Waals surface area contributed by atoms with Gasteiger partial charge in [0.1, 0.15) is 16.4 Å². The van der Waals surface area contributed by atoms with Crippen molar-refractivity contribution in [2.75, 3.05) is 42.9 Å². The van der Waals surface area contributed by atoms with Crippen molar-refractivity contribution in [3.05, 3.63) is 66.0 Å². The van der Waals surface area contributed by atoms with Gasteiger partial charge in [0.15, 0.2) is 0 Å². The first-order chi connectivity index (χ1) is 22.2. The van der Waals surface area contributed by atoms with E-state index in [1.165, 1.54) is 43.8 Å². The third-order valence-electron chi connectivity index (χ3n) is 9.60. The van der Waals surface area contributed by atoms with Crippen molar-refractivity contribution in [1.29, 1.82) is 0 Å². The minimum Gasteiger partial charge on any atom is -0.476 e. The lowest BCUT2D eigenvalue weighted by Gasteiger charge is -2.37. The zero-order valence-corrected chi connectivity index (χ0v) is 28.1. The molecule has 3 aromatic heterocycles. The first kappa shape index (κ1) is 33.0. The molecule has 1 aliphatic carbocycles. The molecule has 7 rings (SSSR count). The average molecular weight is 681 g/mol. The number of carbonyl (C=O) groups is 1. The normalized spacial score (nSPS) is 17.3. The van der Waals surface area contributed by atoms with Gasteiger partial charge in [0.25, 0.3) is 10.0 Å². The number of rotatable bonds is 9. The van der Waals surface area contributed by atoms with E-state index in [1.54, 1.807) is 43.3 Å². The van der Waals surface area contributed by atoms with Crippen molar-refractivity contribution in [3.63, 3.8) is 0 Å². The zero-order chi connectivity index (χ0) is 32.1. The van der Waals surface area contributed by atoms with Gasteiger partial charge in [-0.05, 0) is 76.4 Å². The van der Waals surface area contributed by atoms with Crippen LogP contribution in [0.4, 0.5) is 15.8 Å². The summed E-state index contributed by atoms with van der Waals surface area (Å²) in [5, 5.41) is 0.706. The quantitative estimate of drug-likeness (QED) is 0.214. The highest BCUT2D eigenvalue weighted by atomic mass is 35.5. The fourth-order valence-corrected chi connectivity index (χ4v) is 7.95. The zero-order valence-electron chi connectivity index (χ0n) is 26.5. The fourth-order valence-electron chi connectivity index (χ4n) is 6.96. The number of ether oxygens (including phenoxy) is 1. The molecular formula is C34H38ClFN6O4S. The van der Waals surface area contributed by atoms with Crippen molar-refractivity contribution in [3.8, 4) is 17.0 Å². The molecule has 1 N–H and O–H groups in total. The molecule has 0 atom stereocenters. The molecule has 10 nitrogen and oxygen atoms in total. The van der Waals surface area contributed by atoms with Gasteiger partial charge < -0.3 is 14.5 Å². The molecular weight excluding hydrogens is 643 g/mol. The van der Waals surface area contributed by atoms with Crippen LogP contribution in [0.1, 0.15) is 56.2 Å². The van der Waals surface area contributed by atoms with E-state index in [0.717, 1.165) is 56.6 Å². The second-order valence-electron chi connectivity index (χ2n) is 12.6. The van der Waals surface area contributed by atoms with Crippen LogP contribution >= 0.6 is 12.4 Å². The van der Waals surface area contributed by atoms with Crippen molar-refractivity contribution in [1.82, 2.24) is 19.9 Å². The summed E-state index contributed by atoms with van der Waals surface area (Å²) in [7, 11) is -2.31. The molecule has 47 heavy (non-hydrogen) atoms. The molecule has 1 saturated heterocycles. The van der Waals surface area contributed by atoms with E-state index in [9.17, 15) is 13.2 Å². The van der Waals surface area contributed by atoms with Crippen molar-refractivity contribution >= 4 is 50.6 Å². The summed E-state index contributed by atoms with van der Waals surface area (Å²) >= 11 is 0. The molecule has 0 radical (unpaired) electrons. The van der Waals surface area contributed by atoms with Crippen LogP contribution in [0.15, 0.2) is 53.8 Å². The van der Waals surface area contributed by atoms with Crippen LogP contribution in [0.3, 0.4) is 0 Å². The summed E-state index contributed by atoms with van der Waals surface area (Å²) in [6, 6.07) is 7.72. The van der Waals surface area contributed by atoms with Crippen LogP contribution in [0.2, 0.25) is 0 Å². The Morgan fingerprint density at radius 2 is 1.79 bits per heavy atom. The van der Waals surface area contributed by atoms with Crippen LogP contribution in [-0.4, -0.2) is 67.5 Å². The van der Waals surface area contributed by atoms with Crippen LogP contribution in [0, 0.1) is 12.7 Å². The maximum Gasteiger partial charge on any atom is 0.263 e. The standard InChI is InChI=1S/C34H37FN6O4S.ClH/c1-22-8-9-24(20-36-22)46(43,44)39-29-16-23(19-38-32(29)45-15-7-14-41-12-4-3-5-13-41)25-17-26-28(18-27(25)35)37-21-30-31(26)34(10-6-11-34)33(42)40(30)2;/h8-9,16-21,39H,3-7,10-15H2,1-2H3;1H. The van der Waals surface area contributed by atoms with Gasteiger partial charge in [-0.15, -0.1) is 12.4 Å². The highest BCUT2D eigenvalue weighted by molar-refractivity contribution is 7.92. The number of likely N-dealkylation sites (N-methyl/N-ethyl adjacent to an activating group) is 1. The van der Waals surface area contributed by atoms with Crippen molar-refractivity contribution < 1.29 is 22.3 Å². The first-order valence-electron chi connectivity index (χ1n) is 15.9. The number of fused-ring (bicyclic) bond motifs is 4. The fraction of sp³-hybridized carbons (Fsp3) is 0.412. The first-order valence-corrected chi connectivity index (χ1v) is 17.4. The number of sulfonamides is 1. The summed E-state index contributed by atoms with van der Waals surface area (Å²) in [5.74, 6) is -0.385. The van der Waals surface area contributed by atoms with Gasteiger partial charge in [0.2, 0.25) is 11.8 Å². The number of likely N-dealkylation sites (tertiary alicyclic amines) is 1. The SMILES string of the molecule is Cc1ccc(S(=O)(=O)Nc2cc(-c3cc4c5c(cnc4cc3F)N(C)C(=O)C53CCC3)cnc2OCCCN2CCCCC2)cn1.Cl.